The molecule has 0 aromatic carbocycles. The van der Waals surface area contributed by atoms with Crippen LogP contribution in [0.25, 0.3) is 0 Å². The Labute approximate surface area is 104 Å². The van der Waals surface area contributed by atoms with Crippen molar-refractivity contribution in [2.24, 2.45) is 12.8 Å². The first-order valence-electron chi connectivity index (χ1n) is 5.45. The number of rotatable bonds is 4. The van der Waals surface area contributed by atoms with Crippen molar-refractivity contribution < 1.29 is 4.79 Å². The van der Waals surface area contributed by atoms with E-state index in [1.807, 2.05) is 0 Å². The monoisotopic (exact) mass is 246 g/mol. The number of hydrogen-bond donors (Lipinski definition) is 2. The minimum atomic E-state index is -0.727. The lowest BCUT2D eigenvalue weighted by Crippen LogP contribution is -2.33. The number of aryl methyl sites for hydroxylation is 1. The van der Waals surface area contributed by atoms with E-state index in [9.17, 15) is 4.79 Å². The van der Waals surface area contributed by atoms with E-state index >= 15 is 0 Å². The van der Waals surface area contributed by atoms with Gasteiger partial charge in [0.05, 0.1) is 18.4 Å². The Bertz CT molecular complexity index is 523. The number of nitrogens with zero attached hydrogens (tertiary/aromatic N) is 4. The molecule has 0 saturated carbocycles. The molecule has 0 bridgehead atoms. The maximum absolute atomic E-state index is 11.8. The van der Waals surface area contributed by atoms with Gasteiger partial charge in [-0.05, 0) is 12.1 Å². The zero-order chi connectivity index (χ0) is 13.0. The van der Waals surface area contributed by atoms with Gasteiger partial charge in [0.25, 0.3) is 0 Å². The van der Waals surface area contributed by atoms with Gasteiger partial charge in [0.1, 0.15) is 6.04 Å². The molecule has 1 atom stereocenters. The number of amides is 1. The van der Waals surface area contributed by atoms with Crippen LogP contribution in [0.1, 0.15) is 17.3 Å². The summed E-state index contributed by atoms with van der Waals surface area (Å²) < 4.78 is 1.60. The number of hydrogen-bond acceptors (Lipinski definition) is 5. The summed E-state index contributed by atoms with van der Waals surface area (Å²) in [7, 11) is 1.77. The van der Waals surface area contributed by atoms with Gasteiger partial charge in [0.2, 0.25) is 5.91 Å². The van der Waals surface area contributed by atoms with Crippen molar-refractivity contribution in [3.63, 3.8) is 0 Å². The van der Waals surface area contributed by atoms with Crippen LogP contribution in [0, 0.1) is 0 Å². The molecule has 7 nitrogen and oxygen atoms in total. The Morgan fingerprint density at radius 2 is 2.44 bits per heavy atom. The maximum atomic E-state index is 11.8. The van der Waals surface area contributed by atoms with Gasteiger partial charge < -0.3 is 11.1 Å². The predicted octanol–water partition coefficient (Wildman–Crippen LogP) is -0.474. The molecule has 18 heavy (non-hydrogen) atoms. The molecule has 0 aliphatic heterocycles. The van der Waals surface area contributed by atoms with E-state index in [0.717, 1.165) is 0 Å². The summed E-state index contributed by atoms with van der Waals surface area (Å²) in [5.74, 6) is -0.270. The van der Waals surface area contributed by atoms with Crippen molar-refractivity contribution >= 4 is 5.91 Å². The van der Waals surface area contributed by atoms with Crippen molar-refractivity contribution in [3.8, 4) is 0 Å². The average molecular weight is 246 g/mol. The van der Waals surface area contributed by atoms with Gasteiger partial charge in [0.15, 0.2) is 0 Å². The second kappa shape index (κ2) is 5.37. The SMILES string of the molecule is Cn1cc(C(N)C(=O)NCc2cccnn2)cn1. The molecule has 2 aromatic rings. The van der Waals surface area contributed by atoms with Crippen LogP contribution in [0.3, 0.4) is 0 Å². The van der Waals surface area contributed by atoms with E-state index < -0.39 is 6.04 Å². The summed E-state index contributed by atoms with van der Waals surface area (Å²) in [6.45, 7) is 0.306. The fourth-order valence-electron chi connectivity index (χ4n) is 1.47. The molecule has 7 heteroatoms. The Balaban J connectivity index is 1.92. The zero-order valence-corrected chi connectivity index (χ0v) is 9.95. The summed E-state index contributed by atoms with van der Waals surface area (Å²) in [5.41, 5.74) is 7.17. The third-order valence-electron chi connectivity index (χ3n) is 2.44. The van der Waals surface area contributed by atoms with Crippen LogP contribution in [0.4, 0.5) is 0 Å². The molecular weight excluding hydrogens is 232 g/mol. The van der Waals surface area contributed by atoms with Crippen molar-refractivity contribution in [2.75, 3.05) is 0 Å². The van der Waals surface area contributed by atoms with Gasteiger partial charge in [-0.25, -0.2) is 0 Å². The van der Waals surface area contributed by atoms with Crippen LogP contribution in [-0.4, -0.2) is 25.9 Å². The maximum Gasteiger partial charge on any atom is 0.241 e. The molecule has 2 aromatic heterocycles. The van der Waals surface area contributed by atoms with Crippen LogP contribution in [-0.2, 0) is 18.4 Å². The summed E-state index contributed by atoms with van der Waals surface area (Å²) >= 11 is 0. The van der Waals surface area contributed by atoms with Gasteiger partial charge in [-0.1, -0.05) is 0 Å². The van der Waals surface area contributed by atoms with Crippen LogP contribution < -0.4 is 11.1 Å². The predicted molar refractivity (Wildman–Crippen MR) is 64.0 cm³/mol. The molecule has 2 heterocycles. The molecule has 0 spiro atoms. The van der Waals surface area contributed by atoms with Gasteiger partial charge in [-0.3, -0.25) is 9.48 Å². The lowest BCUT2D eigenvalue weighted by atomic mass is 10.1. The topological polar surface area (TPSA) is 98.7 Å². The minimum absolute atomic E-state index is 0.270. The minimum Gasteiger partial charge on any atom is -0.349 e. The summed E-state index contributed by atoms with van der Waals surface area (Å²) in [6, 6.07) is 2.81. The second-order valence-electron chi connectivity index (χ2n) is 3.86. The number of carbonyl (C=O) groups is 1. The van der Waals surface area contributed by atoms with Crippen molar-refractivity contribution in [3.05, 3.63) is 42.0 Å². The molecular formula is C11H14N6O. The molecule has 0 aliphatic carbocycles. The van der Waals surface area contributed by atoms with E-state index in [1.165, 1.54) is 0 Å². The van der Waals surface area contributed by atoms with E-state index in [0.29, 0.717) is 17.8 Å². The Morgan fingerprint density at radius 3 is 3.06 bits per heavy atom. The molecule has 1 unspecified atom stereocenters. The zero-order valence-electron chi connectivity index (χ0n) is 9.95. The summed E-state index contributed by atoms with van der Waals surface area (Å²) in [6.07, 6.45) is 4.87. The third kappa shape index (κ3) is 2.89. The van der Waals surface area contributed by atoms with Crippen LogP contribution in [0.2, 0.25) is 0 Å². The van der Waals surface area contributed by atoms with E-state index in [1.54, 1.807) is 42.5 Å². The van der Waals surface area contributed by atoms with E-state index in [-0.39, 0.29) is 5.91 Å². The molecule has 0 aliphatic rings. The Kier molecular flexibility index (Phi) is 3.63. The summed E-state index contributed by atoms with van der Waals surface area (Å²) in [4.78, 5) is 11.8. The van der Waals surface area contributed by atoms with Crippen molar-refractivity contribution in [2.45, 2.75) is 12.6 Å². The molecule has 0 saturated heterocycles. The first-order chi connectivity index (χ1) is 8.66. The van der Waals surface area contributed by atoms with Crippen molar-refractivity contribution in [1.29, 1.82) is 0 Å². The highest BCUT2D eigenvalue weighted by molar-refractivity contribution is 5.82. The highest BCUT2D eigenvalue weighted by Gasteiger charge is 2.16. The second-order valence-corrected chi connectivity index (χ2v) is 3.86. The molecule has 0 fully saturated rings. The Morgan fingerprint density at radius 1 is 1.61 bits per heavy atom. The van der Waals surface area contributed by atoms with Crippen LogP contribution in [0.15, 0.2) is 30.7 Å². The number of nitrogens with one attached hydrogen (secondary N) is 1. The molecule has 2 rings (SSSR count). The van der Waals surface area contributed by atoms with Crippen molar-refractivity contribution in [1.82, 2.24) is 25.3 Å². The van der Waals surface area contributed by atoms with E-state index in [2.05, 4.69) is 20.6 Å². The first-order valence-corrected chi connectivity index (χ1v) is 5.45. The summed E-state index contributed by atoms with van der Waals surface area (Å²) in [5, 5.41) is 14.3. The quantitative estimate of drug-likeness (QED) is 0.759. The fourth-order valence-corrected chi connectivity index (χ4v) is 1.47. The fraction of sp³-hybridized carbons (Fsp3) is 0.273. The molecule has 94 valence electrons. The number of nitrogens with two attached hydrogens (primary N) is 1. The van der Waals surface area contributed by atoms with Gasteiger partial charge >= 0.3 is 0 Å². The lowest BCUT2D eigenvalue weighted by molar-refractivity contribution is -0.122. The first kappa shape index (κ1) is 12.2. The van der Waals surface area contributed by atoms with Gasteiger partial charge in [0, 0.05) is 25.0 Å². The highest BCUT2D eigenvalue weighted by atomic mass is 16.2. The standard InChI is InChI=1S/C11H14N6O/c1-17-7-8(5-15-17)10(12)11(18)13-6-9-3-2-4-14-16-9/h2-5,7,10H,6,12H2,1H3,(H,13,18). The number of aromatic nitrogens is 4. The molecule has 3 N–H and O–H groups in total. The smallest absolute Gasteiger partial charge is 0.241 e. The van der Waals surface area contributed by atoms with Crippen LogP contribution >= 0.6 is 0 Å². The number of carbonyl (C=O) groups excluding carboxylic acids is 1. The Hall–Kier alpha value is -2.28. The lowest BCUT2D eigenvalue weighted by Gasteiger charge is -2.09. The third-order valence-corrected chi connectivity index (χ3v) is 2.44. The molecule has 0 radical (unpaired) electrons. The van der Waals surface area contributed by atoms with Gasteiger partial charge in [-0.2, -0.15) is 15.3 Å². The van der Waals surface area contributed by atoms with Gasteiger partial charge in [-0.15, -0.1) is 0 Å². The normalized spacial score (nSPS) is 12.1. The van der Waals surface area contributed by atoms with E-state index in [4.69, 9.17) is 5.73 Å². The largest absolute Gasteiger partial charge is 0.349 e. The highest BCUT2D eigenvalue weighted by Crippen LogP contribution is 2.08. The molecule has 1 amide bonds. The average Bonchev–Trinajstić information content (AvgIpc) is 2.83. The van der Waals surface area contributed by atoms with Crippen LogP contribution in [0.5, 0.6) is 0 Å².